The summed E-state index contributed by atoms with van der Waals surface area (Å²) >= 11 is 0. The zero-order valence-corrected chi connectivity index (χ0v) is 15.0. The van der Waals surface area contributed by atoms with E-state index in [0.29, 0.717) is 6.42 Å². The minimum absolute atomic E-state index is 0.228. The minimum Gasteiger partial charge on any atom is -0.468 e. The van der Waals surface area contributed by atoms with Gasteiger partial charge in [-0.3, -0.25) is 4.79 Å². The molecule has 4 rings (SSSR count). The van der Waals surface area contributed by atoms with Crippen LogP contribution in [-0.2, 0) is 14.9 Å². The monoisotopic (exact) mass is 346 g/mol. The van der Waals surface area contributed by atoms with Gasteiger partial charge in [0.25, 0.3) is 0 Å². The largest absolute Gasteiger partial charge is 0.468 e. The van der Waals surface area contributed by atoms with Crippen molar-refractivity contribution in [3.8, 4) is 0 Å². The van der Waals surface area contributed by atoms with E-state index >= 15 is 0 Å². The Morgan fingerprint density at radius 3 is 1.88 bits per heavy atom. The second-order valence-electron chi connectivity index (χ2n) is 6.64. The van der Waals surface area contributed by atoms with Gasteiger partial charge in [0, 0.05) is 34.2 Å². The minimum atomic E-state index is -0.858. The summed E-state index contributed by atoms with van der Waals surface area (Å²) in [7, 11) is 1.47. The SMILES string of the molecule is CCCC(C(=O)OC)(c1c[nH]c2ccccc12)c1c[nH]c2ccccc12. The number of aromatic amines is 2. The molecule has 0 atom stereocenters. The fraction of sp³-hybridized carbons (Fsp3) is 0.227. The lowest BCUT2D eigenvalue weighted by Crippen LogP contribution is -2.38. The average Bonchev–Trinajstić information content (AvgIpc) is 3.30. The summed E-state index contributed by atoms with van der Waals surface area (Å²) in [5.74, 6) is -0.228. The number of fused-ring (bicyclic) bond motifs is 2. The number of para-hydroxylation sites is 2. The van der Waals surface area contributed by atoms with Crippen molar-refractivity contribution in [2.45, 2.75) is 25.2 Å². The van der Waals surface area contributed by atoms with Crippen LogP contribution in [0.5, 0.6) is 0 Å². The third-order valence-corrected chi connectivity index (χ3v) is 5.26. The molecule has 0 aliphatic carbocycles. The number of rotatable bonds is 5. The molecule has 4 nitrogen and oxygen atoms in total. The van der Waals surface area contributed by atoms with Crippen LogP contribution < -0.4 is 0 Å². The van der Waals surface area contributed by atoms with E-state index in [-0.39, 0.29) is 5.97 Å². The van der Waals surface area contributed by atoms with Gasteiger partial charge in [-0.1, -0.05) is 49.7 Å². The van der Waals surface area contributed by atoms with Gasteiger partial charge >= 0.3 is 5.97 Å². The summed E-state index contributed by atoms with van der Waals surface area (Å²) in [6, 6.07) is 16.2. The molecule has 0 spiro atoms. The standard InChI is InChI=1S/C22H22N2O2/c1-3-12-22(21(25)26-2,17-13-23-19-10-6-4-8-15(17)19)18-14-24-20-11-7-5-9-16(18)20/h4-11,13-14,23-24H,3,12H2,1-2H3. The summed E-state index contributed by atoms with van der Waals surface area (Å²) in [6.45, 7) is 2.10. The number of ether oxygens (including phenoxy) is 1. The molecule has 26 heavy (non-hydrogen) atoms. The van der Waals surface area contributed by atoms with Gasteiger partial charge in [0.2, 0.25) is 0 Å². The van der Waals surface area contributed by atoms with Crippen LogP contribution in [0.2, 0.25) is 0 Å². The maximum atomic E-state index is 13.3. The molecule has 2 aromatic heterocycles. The van der Waals surface area contributed by atoms with Crippen LogP contribution in [0.15, 0.2) is 60.9 Å². The number of carbonyl (C=O) groups is 1. The molecule has 0 aliphatic heterocycles. The first-order valence-electron chi connectivity index (χ1n) is 8.94. The van der Waals surface area contributed by atoms with Crippen molar-refractivity contribution in [2.75, 3.05) is 7.11 Å². The van der Waals surface area contributed by atoms with Crippen LogP contribution in [0, 0.1) is 0 Å². The second kappa shape index (κ2) is 6.37. The highest BCUT2D eigenvalue weighted by molar-refractivity contribution is 6.00. The third kappa shape index (κ3) is 2.25. The van der Waals surface area contributed by atoms with Gasteiger partial charge in [-0.05, 0) is 29.7 Å². The summed E-state index contributed by atoms with van der Waals surface area (Å²) in [6.07, 6.45) is 5.44. The molecule has 132 valence electrons. The van der Waals surface area contributed by atoms with Crippen molar-refractivity contribution in [1.82, 2.24) is 9.97 Å². The Hall–Kier alpha value is -3.01. The first-order valence-corrected chi connectivity index (χ1v) is 8.94. The number of methoxy groups -OCH3 is 1. The first kappa shape index (κ1) is 16.5. The van der Waals surface area contributed by atoms with E-state index in [0.717, 1.165) is 39.4 Å². The third-order valence-electron chi connectivity index (χ3n) is 5.26. The van der Waals surface area contributed by atoms with Gasteiger partial charge in [-0.25, -0.2) is 0 Å². The van der Waals surface area contributed by atoms with Crippen molar-refractivity contribution in [2.24, 2.45) is 0 Å². The molecule has 4 aromatic rings. The van der Waals surface area contributed by atoms with E-state index in [4.69, 9.17) is 4.74 Å². The number of benzene rings is 2. The van der Waals surface area contributed by atoms with Crippen LogP contribution in [-0.4, -0.2) is 23.0 Å². The fourth-order valence-electron chi connectivity index (χ4n) is 4.13. The Morgan fingerprint density at radius 2 is 1.42 bits per heavy atom. The maximum absolute atomic E-state index is 13.3. The molecular weight excluding hydrogens is 324 g/mol. The molecular formula is C22H22N2O2. The van der Waals surface area contributed by atoms with Crippen molar-refractivity contribution in [1.29, 1.82) is 0 Å². The summed E-state index contributed by atoms with van der Waals surface area (Å²) in [5, 5.41) is 2.10. The maximum Gasteiger partial charge on any atom is 0.320 e. The zero-order chi connectivity index (χ0) is 18.1. The average molecular weight is 346 g/mol. The van der Waals surface area contributed by atoms with E-state index in [1.165, 1.54) is 7.11 Å². The molecule has 2 aromatic carbocycles. The van der Waals surface area contributed by atoms with Gasteiger partial charge in [-0.2, -0.15) is 0 Å². The van der Waals surface area contributed by atoms with Gasteiger partial charge < -0.3 is 14.7 Å². The molecule has 0 saturated heterocycles. The highest BCUT2D eigenvalue weighted by Gasteiger charge is 2.45. The Bertz CT molecular complexity index is 1000. The Kier molecular flexibility index (Phi) is 4.03. The topological polar surface area (TPSA) is 57.9 Å². The van der Waals surface area contributed by atoms with Gasteiger partial charge in [-0.15, -0.1) is 0 Å². The van der Waals surface area contributed by atoms with E-state index < -0.39 is 5.41 Å². The predicted molar refractivity (Wildman–Crippen MR) is 104 cm³/mol. The lowest BCUT2D eigenvalue weighted by molar-refractivity contribution is -0.146. The van der Waals surface area contributed by atoms with Gasteiger partial charge in [0.15, 0.2) is 0 Å². The first-order chi connectivity index (χ1) is 12.7. The number of nitrogens with one attached hydrogen (secondary N) is 2. The zero-order valence-electron chi connectivity index (χ0n) is 15.0. The molecule has 2 heterocycles. The highest BCUT2D eigenvalue weighted by atomic mass is 16.5. The van der Waals surface area contributed by atoms with Crippen LogP contribution in [0.1, 0.15) is 30.9 Å². The quantitative estimate of drug-likeness (QED) is 0.505. The summed E-state index contributed by atoms with van der Waals surface area (Å²) in [4.78, 5) is 19.9. The van der Waals surface area contributed by atoms with Crippen LogP contribution in [0.3, 0.4) is 0 Å². The number of carbonyl (C=O) groups excluding carboxylic acids is 1. The van der Waals surface area contributed by atoms with Crippen molar-refractivity contribution in [3.05, 3.63) is 72.1 Å². The second-order valence-corrected chi connectivity index (χ2v) is 6.64. The molecule has 4 heteroatoms. The number of hydrogen-bond donors (Lipinski definition) is 2. The number of hydrogen-bond acceptors (Lipinski definition) is 2. The van der Waals surface area contributed by atoms with E-state index in [2.05, 4.69) is 29.0 Å². The van der Waals surface area contributed by atoms with Crippen molar-refractivity contribution >= 4 is 27.8 Å². The number of H-pyrrole nitrogens is 2. The summed E-state index contributed by atoms with van der Waals surface area (Å²) in [5.41, 5.74) is 3.11. The lowest BCUT2D eigenvalue weighted by atomic mass is 9.71. The molecule has 2 N–H and O–H groups in total. The van der Waals surface area contributed by atoms with E-state index in [1.54, 1.807) is 0 Å². The normalized spacial score (nSPS) is 11.9. The highest BCUT2D eigenvalue weighted by Crippen LogP contribution is 2.44. The van der Waals surface area contributed by atoms with Gasteiger partial charge in [0.1, 0.15) is 5.41 Å². The number of esters is 1. The fourth-order valence-corrected chi connectivity index (χ4v) is 4.13. The van der Waals surface area contributed by atoms with Crippen LogP contribution >= 0.6 is 0 Å². The Labute approximate surface area is 152 Å². The molecule has 0 amide bonds. The van der Waals surface area contributed by atoms with Crippen LogP contribution in [0.4, 0.5) is 0 Å². The van der Waals surface area contributed by atoms with E-state index in [9.17, 15) is 4.79 Å². The Morgan fingerprint density at radius 1 is 0.923 bits per heavy atom. The summed E-state index contributed by atoms with van der Waals surface area (Å²) < 4.78 is 5.35. The van der Waals surface area contributed by atoms with Gasteiger partial charge in [0.05, 0.1) is 7.11 Å². The van der Waals surface area contributed by atoms with E-state index in [1.807, 2.05) is 48.8 Å². The molecule has 0 radical (unpaired) electrons. The lowest BCUT2D eigenvalue weighted by Gasteiger charge is -2.31. The predicted octanol–water partition coefficient (Wildman–Crippen LogP) is 4.91. The molecule has 0 bridgehead atoms. The molecule has 0 saturated carbocycles. The molecule has 0 unspecified atom stereocenters. The van der Waals surface area contributed by atoms with Crippen molar-refractivity contribution in [3.63, 3.8) is 0 Å². The molecule has 0 fully saturated rings. The van der Waals surface area contributed by atoms with Crippen LogP contribution in [0.25, 0.3) is 21.8 Å². The number of aromatic nitrogens is 2. The molecule has 0 aliphatic rings. The van der Waals surface area contributed by atoms with Crippen molar-refractivity contribution < 1.29 is 9.53 Å². The smallest absolute Gasteiger partial charge is 0.320 e. The Balaban J connectivity index is 2.09.